The van der Waals surface area contributed by atoms with E-state index in [1.807, 2.05) is 6.92 Å². The molecule has 0 radical (unpaired) electrons. The molecule has 0 aromatic heterocycles. The van der Waals surface area contributed by atoms with Crippen LogP contribution in [0.3, 0.4) is 0 Å². The van der Waals surface area contributed by atoms with E-state index in [2.05, 4.69) is 11.9 Å². The summed E-state index contributed by atoms with van der Waals surface area (Å²) in [6.45, 7) is 5.97. The number of ether oxygens (including phenoxy) is 1. The predicted molar refractivity (Wildman–Crippen MR) is 100 cm³/mol. The third kappa shape index (κ3) is 3.95. The van der Waals surface area contributed by atoms with Crippen LogP contribution in [-0.2, 0) is 4.79 Å². The topological polar surface area (TPSA) is 102 Å². The molecule has 0 bridgehead atoms. The largest absolute Gasteiger partial charge is 0.481 e. The predicted octanol–water partition coefficient (Wildman–Crippen LogP) is 3.15. The Balaban J connectivity index is 1.78. The Hall–Kier alpha value is -3.68. The molecular formula is C19H17N3O5. The van der Waals surface area contributed by atoms with E-state index in [1.54, 1.807) is 23.1 Å². The van der Waals surface area contributed by atoms with Gasteiger partial charge in [-0.3, -0.25) is 19.7 Å². The van der Waals surface area contributed by atoms with Gasteiger partial charge in [-0.15, -0.1) is 0 Å². The molecule has 1 heterocycles. The number of non-ortho nitro benzene ring substituents is 1. The number of carbonyl (C=O) groups is 2. The van der Waals surface area contributed by atoms with E-state index < -0.39 is 10.8 Å². The molecule has 3 rings (SSSR count). The number of hydrogen-bond acceptors (Lipinski definition) is 5. The van der Waals surface area contributed by atoms with Crippen molar-refractivity contribution in [3.05, 3.63) is 70.3 Å². The van der Waals surface area contributed by atoms with E-state index in [1.165, 1.54) is 24.3 Å². The van der Waals surface area contributed by atoms with Crippen LogP contribution >= 0.6 is 0 Å². The molecule has 0 spiro atoms. The molecule has 2 amide bonds. The molecule has 0 atom stereocenters. The second kappa shape index (κ2) is 7.28. The maximum absolute atomic E-state index is 12.3. The fourth-order valence-corrected chi connectivity index (χ4v) is 2.66. The Morgan fingerprint density at radius 1 is 1.30 bits per heavy atom. The average molecular weight is 367 g/mol. The number of rotatable bonds is 5. The Morgan fingerprint density at radius 3 is 2.63 bits per heavy atom. The quantitative estimate of drug-likeness (QED) is 0.497. The van der Waals surface area contributed by atoms with E-state index in [0.29, 0.717) is 29.2 Å². The molecular weight excluding hydrogens is 350 g/mol. The monoisotopic (exact) mass is 367 g/mol. The van der Waals surface area contributed by atoms with Gasteiger partial charge >= 0.3 is 0 Å². The zero-order valence-electron chi connectivity index (χ0n) is 14.6. The highest BCUT2D eigenvalue weighted by Gasteiger charge is 2.25. The first-order chi connectivity index (χ1) is 12.8. The number of benzene rings is 2. The number of hydrogen-bond donors (Lipinski definition) is 1. The van der Waals surface area contributed by atoms with Gasteiger partial charge in [0.25, 0.3) is 17.5 Å². The van der Waals surface area contributed by atoms with E-state index in [-0.39, 0.29) is 18.2 Å². The molecule has 8 nitrogen and oxygen atoms in total. The molecule has 2 aromatic rings. The smallest absolute Gasteiger partial charge is 0.269 e. The summed E-state index contributed by atoms with van der Waals surface area (Å²) in [4.78, 5) is 36.1. The van der Waals surface area contributed by atoms with Crippen LogP contribution in [0.25, 0.3) is 0 Å². The number of nitrogens with zero attached hydrogens (tertiary/aromatic N) is 2. The van der Waals surface area contributed by atoms with Crippen LogP contribution in [0.15, 0.2) is 54.6 Å². The summed E-state index contributed by atoms with van der Waals surface area (Å²) in [7, 11) is 0. The van der Waals surface area contributed by atoms with Gasteiger partial charge < -0.3 is 15.0 Å². The number of amides is 2. The van der Waals surface area contributed by atoms with Gasteiger partial charge in [0, 0.05) is 36.0 Å². The van der Waals surface area contributed by atoms with Crippen molar-refractivity contribution >= 4 is 28.9 Å². The highest BCUT2D eigenvalue weighted by Crippen LogP contribution is 2.35. The van der Waals surface area contributed by atoms with E-state index in [0.717, 1.165) is 5.57 Å². The number of fused-ring (bicyclic) bond motifs is 1. The summed E-state index contributed by atoms with van der Waals surface area (Å²) in [5, 5.41) is 13.4. The van der Waals surface area contributed by atoms with Crippen LogP contribution in [0, 0.1) is 10.1 Å². The lowest BCUT2D eigenvalue weighted by Gasteiger charge is -2.29. The Kier molecular flexibility index (Phi) is 4.89. The fourth-order valence-electron chi connectivity index (χ4n) is 2.66. The first-order valence-corrected chi connectivity index (χ1v) is 8.12. The van der Waals surface area contributed by atoms with Crippen LogP contribution in [0.5, 0.6) is 5.75 Å². The number of nitro groups is 1. The van der Waals surface area contributed by atoms with Crippen molar-refractivity contribution in [3.8, 4) is 5.75 Å². The summed E-state index contributed by atoms with van der Waals surface area (Å²) in [6, 6.07) is 10.3. The van der Waals surface area contributed by atoms with Gasteiger partial charge in [-0.25, -0.2) is 0 Å². The standard InChI is InChI=1S/C19H17N3O5/c1-12(2)10-21-16-8-5-14(9-17(16)27-11-18(21)23)20-19(24)13-3-6-15(7-4-13)22(25)26/h3-9H,1,10-11H2,2H3,(H,20,24). The number of nitrogens with one attached hydrogen (secondary N) is 1. The molecule has 0 saturated heterocycles. The SMILES string of the molecule is C=C(C)CN1C(=O)COc2cc(NC(=O)c3ccc([N+](=O)[O-])cc3)ccc21. The van der Waals surface area contributed by atoms with Gasteiger partial charge in [-0.1, -0.05) is 12.2 Å². The van der Waals surface area contributed by atoms with Crippen molar-refractivity contribution in [3.63, 3.8) is 0 Å². The molecule has 2 aromatic carbocycles. The maximum atomic E-state index is 12.3. The van der Waals surface area contributed by atoms with E-state index in [4.69, 9.17) is 4.74 Å². The summed E-state index contributed by atoms with van der Waals surface area (Å²) in [5.41, 5.74) is 2.14. The average Bonchev–Trinajstić information content (AvgIpc) is 2.64. The molecule has 138 valence electrons. The lowest BCUT2D eigenvalue weighted by Crippen LogP contribution is -2.39. The maximum Gasteiger partial charge on any atom is 0.269 e. The lowest BCUT2D eigenvalue weighted by atomic mass is 10.1. The Bertz CT molecular complexity index is 937. The van der Waals surface area contributed by atoms with Crippen LogP contribution < -0.4 is 15.0 Å². The highest BCUT2D eigenvalue weighted by molar-refractivity contribution is 6.05. The van der Waals surface area contributed by atoms with Crippen molar-refractivity contribution in [2.24, 2.45) is 0 Å². The van der Waals surface area contributed by atoms with E-state index in [9.17, 15) is 19.7 Å². The van der Waals surface area contributed by atoms with Crippen molar-refractivity contribution < 1.29 is 19.2 Å². The summed E-state index contributed by atoms with van der Waals surface area (Å²) < 4.78 is 5.47. The molecule has 0 unspecified atom stereocenters. The molecule has 1 N–H and O–H groups in total. The number of carbonyl (C=O) groups excluding carboxylic acids is 2. The van der Waals surface area contributed by atoms with Crippen LogP contribution in [0.4, 0.5) is 17.1 Å². The minimum atomic E-state index is -0.527. The normalized spacial score (nSPS) is 12.8. The zero-order valence-corrected chi connectivity index (χ0v) is 14.6. The first-order valence-electron chi connectivity index (χ1n) is 8.12. The molecule has 1 aliphatic heterocycles. The third-order valence-corrected chi connectivity index (χ3v) is 3.93. The minimum absolute atomic E-state index is 0.0833. The first kappa shape index (κ1) is 18.1. The van der Waals surface area contributed by atoms with Gasteiger partial charge in [0.15, 0.2) is 6.61 Å². The van der Waals surface area contributed by atoms with Crippen LogP contribution in [0.1, 0.15) is 17.3 Å². The van der Waals surface area contributed by atoms with Crippen molar-refractivity contribution in [2.45, 2.75) is 6.92 Å². The zero-order chi connectivity index (χ0) is 19.6. The molecule has 27 heavy (non-hydrogen) atoms. The Morgan fingerprint density at radius 2 is 2.00 bits per heavy atom. The summed E-state index contributed by atoms with van der Waals surface area (Å²) >= 11 is 0. The molecule has 0 fully saturated rings. The van der Waals surface area contributed by atoms with Crippen molar-refractivity contribution in [1.82, 2.24) is 0 Å². The second-order valence-electron chi connectivity index (χ2n) is 6.17. The number of nitro benzene ring substituents is 1. The van der Waals surface area contributed by atoms with Gasteiger partial charge in [0.1, 0.15) is 5.75 Å². The highest BCUT2D eigenvalue weighted by atomic mass is 16.6. The van der Waals surface area contributed by atoms with E-state index >= 15 is 0 Å². The lowest BCUT2D eigenvalue weighted by molar-refractivity contribution is -0.384. The van der Waals surface area contributed by atoms with Gasteiger partial charge in [-0.05, 0) is 31.2 Å². The summed E-state index contributed by atoms with van der Waals surface area (Å²) in [5.74, 6) is -0.0824. The van der Waals surface area contributed by atoms with Gasteiger partial charge in [-0.2, -0.15) is 0 Å². The van der Waals surface area contributed by atoms with Crippen LogP contribution in [0.2, 0.25) is 0 Å². The molecule has 1 aliphatic rings. The second-order valence-corrected chi connectivity index (χ2v) is 6.17. The summed E-state index contributed by atoms with van der Waals surface area (Å²) in [6.07, 6.45) is 0. The van der Waals surface area contributed by atoms with Crippen LogP contribution in [-0.4, -0.2) is 29.9 Å². The van der Waals surface area contributed by atoms with Gasteiger partial charge in [0.05, 0.1) is 10.6 Å². The third-order valence-electron chi connectivity index (χ3n) is 3.93. The van der Waals surface area contributed by atoms with Gasteiger partial charge in [0.2, 0.25) is 0 Å². The van der Waals surface area contributed by atoms with Crippen molar-refractivity contribution in [1.29, 1.82) is 0 Å². The molecule has 0 saturated carbocycles. The Labute approximate surface area is 155 Å². The fraction of sp³-hybridized carbons (Fsp3) is 0.158. The molecule has 0 aliphatic carbocycles. The number of anilines is 2. The van der Waals surface area contributed by atoms with Crippen molar-refractivity contribution in [2.75, 3.05) is 23.4 Å². The minimum Gasteiger partial charge on any atom is -0.481 e. The molecule has 8 heteroatoms.